The second-order valence-electron chi connectivity index (χ2n) is 4.06. The van der Waals surface area contributed by atoms with Crippen molar-refractivity contribution >= 4 is 30.5 Å². The van der Waals surface area contributed by atoms with Gasteiger partial charge in [0.05, 0.1) is 4.92 Å². The Bertz CT molecular complexity index is 428. The van der Waals surface area contributed by atoms with Crippen LogP contribution in [0.1, 0.15) is 5.56 Å². The molecule has 1 fully saturated rings. The molecule has 0 aromatic heterocycles. The zero-order valence-corrected chi connectivity index (χ0v) is 11.8. The average molecular weight is 312 g/mol. The maximum absolute atomic E-state index is 13.1. The van der Waals surface area contributed by atoms with Crippen molar-refractivity contribution in [2.45, 2.75) is 6.54 Å². The lowest BCUT2D eigenvalue weighted by atomic mass is 10.1. The van der Waals surface area contributed by atoms with Gasteiger partial charge in [-0.05, 0) is 12.1 Å². The highest BCUT2D eigenvalue weighted by atomic mass is 35.5. The molecule has 2 rings (SSSR count). The number of halogens is 3. The fourth-order valence-corrected chi connectivity index (χ4v) is 1.97. The Hall–Kier alpha value is -0.950. The van der Waals surface area contributed by atoms with Crippen molar-refractivity contribution in [3.8, 4) is 0 Å². The molecule has 1 heterocycles. The molecule has 0 radical (unpaired) electrons. The van der Waals surface area contributed by atoms with Gasteiger partial charge in [-0.2, -0.15) is 0 Å². The Kier molecular flexibility index (Phi) is 7.85. The number of benzene rings is 1. The molecule has 0 spiro atoms. The van der Waals surface area contributed by atoms with Gasteiger partial charge in [0.25, 0.3) is 5.69 Å². The van der Waals surface area contributed by atoms with Crippen LogP contribution in [0.25, 0.3) is 0 Å². The lowest BCUT2D eigenvalue weighted by Gasteiger charge is -2.26. The van der Waals surface area contributed by atoms with E-state index >= 15 is 0 Å². The molecular weight excluding hydrogens is 296 g/mol. The summed E-state index contributed by atoms with van der Waals surface area (Å²) in [6.45, 7) is 3.81. The number of hydrogen-bond donors (Lipinski definition) is 1. The first-order valence-electron chi connectivity index (χ1n) is 5.53. The topological polar surface area (TPSA) is 58.4 Å². The Morgan fingerprint density at radius 1 is 1.32 bits per heavy atom. The molecule has 0 aliphatic carbocycles. The summed E-state index contributed by atoms with van der Waals surface area (Å²) in [5, 5.41) is 14.0. The summed E-state index contributed by atoms with van der Waals surface area (Å²) >= 11 is 0. The van der Waals surface area contributed by atoms with Crippen molar-refractivity contribution in [2.24, 2.45) is 0 Å². The third-order valence-corrected chi connectivity index (χ3v) is 2.84. The third kappa shape index (κ3) is 4.91. The largest absolute Gasteiger partial charge is 0.314 e. The smallest absolute Gasteiger partial charge is 0.274 e. The van der Waals surface area contributed by atoms with Crippen LogP contribution in [0.15, 0.2) is 18.2 Å². The molecule has 1 N–H and O–H groups in total. The molecule has 1 aliphatic rings. The highest BCUT2D eigenvalue weighted by molar-refractivity contribution is 5.85. The van der Waals surface area contributed by atoms with Gasteiger partial charge >= 0.3 is 0 Å². The first-order chi connectivity index (χ1) is 8.16. The van der Waals surface area contributed by atoms with E-state index in [9.17, 15) is 14.5 Å². The molecule has 1 aromatic carbocycles. The van der Waals surface area contributed by atoms with Crippen LogP contribution < -0.4 is 5.32 Å². The van der Waals surface area contributed by atoms with E-state index in [1.807, 2.05) is 0 Å². The quantitative estimate of drug-likeness (QED) is 0.685. The second-order valence-corrected chi connectivity index (χ2v) is 4.06. The Morgan fingerprint density at radius 3 is 2.53 bits per heavy atom. The van der Waals surface area contributed by atoms with E-state index in [-0.39, 0.29) is 30.5 Å². The maximum atomic E-state index is 13.1. The Morgan fingerprint density at radius 2 is 1.95 bits per heavy atom. The lowest BCUT2D eigenvalue weighted by Crippen LogP contribution is -2.42. The zero-order valence-electron chi connectivity index (χ0n) is 10.2. The van der Waals surface area contributed by atoms with Crippen LogP contribution in [-0.2, 0) is 6.54 Å². The van der Waals surface area contributed by atoms with Gasteiger partial charge in [-0.25, -0.2) is 4.39 Å². The number of hydrogen-bond acceptors (Lipinski definition) is 4. The molecule has 0 bridgehead atoms. The summed E-state index contributed by atoms with van der Waals surface area (Å²) in [7, 11) is 0. The fourth-order valence-electron chi connectivity index (χ4n) is 1.97. The van der Waals surface area contributed by atoms with E-state index < -0.39 is 10.7 Å². The first-order valence-corrected chi connectivity index (χ1v) is 5.53. The lowest BCUT2D eigenvalue weighted by molar-refractivity contribution is -0.385. The Labute approximate surface area is 123 Å². The summed E-state index contributed by atoms with van der Waals surface area (Å²) < 4.78 is 13.1. The van der Waals surface area contributed by atoms with Crippen molar-refractivity contribution in [1.82, 2.24) is 10.2 Å². The van der Waals surface area contributed by atoms with Crippen LogP contribution in [0.5, 0.6) is 0 Å². The number of rotatable bonds is 3. The zero-order chi connectivity index (χ0) is 12.3. The van der Waals surface area contributed by atoms with Crippen molar-refractivity contribution < 1.29 is 9.31 Å². The minimum Gasteiger partial charge on any atom is -0.314 e. The highest BCUT2D eigenvalue weighted by Crippen LogP contribution is 2.21. The predicted molar refractivity (Wildman–Crippen MR) is 75.7 cm³/mol. The summed E-state index contributed by atoms with van der Waals surface area (Å²) in [5.74, 6) is -0.430. The van der Waals surface area contributed by atoms with Gasteiger partial charge in [0.15, 0.2) is 0 Å². The molecule has 0 saturated carbocycles. The molecular formula is C11H16Cl2FN3O2. The van der Waals surface area contributed by atoms with Crippen LogP contribution >= 0.6 is 24.8 Å². The van der Waals surface area contributed by atoms with Gasteiger partial charge in [-0.1, -0.05) is 0 Å². The molecule has 0 amide bonds. The van der Waals surface area contributed by atoms with Crippen LogP contribution in [0, 0.1) is 15.9 Å². The van der Waals surface area contributed by atoms with E-state index in [0.29, 0.717) is 12.1 Å². The number of nitrogens with one attached hydrogen (secondary N) is 1. The van der Waals surface area contributed by atoms with Crippen LogP contribution in [0.4, 0.5) is 10.1 Å². The molecule has 5 nitrogen and oxygen atoms in total. The van der Waals surface area contributed by atoms with Crippen LogP contribution in [0.3, 0.4) is 0 Å². The average Bonchev–Trinajstić information content (AvgIpc) is 2.30. The van der Waals surface area contributed by atoms with Gasteiger partial charge in [-0.3, -0.25) is 15.0 Å². The van der Waals surface area contributed by atoms with E-state index in [4.69, 9.17) is 0 Å². The van der Waals surface area contributed by atoms with Gasteiger partial charge in [0, 0.05) is 44.4 Å². The Balaban J connectivity index is 0.00000162. The standard InChI is InChI=1S/C11H14FN3O2.2ClH/c12-10-1-2-11(15(16)17)9(7-10)8-14-5-3-13-4-6-14;;/h1-2,7,13H,3-6,8H2;2*1H. The SMILES string of the molecule is Cl.Cl.O=[N+]([O-])c1ccc(F)cc1CN1CCNCC1. The number of piperazine rings is 1. The summed E-state index contributed by atoms with van der Waals surface area (Å²) in [6, 6.07) is 3.60. The molecule has 108 valence electrons. The van der Waals surface area contributed by atoms with Gasteiger partial charge in [-0.15, -0.1) is 24.8 Å². The number of nitro benzene ring substituents is 1. The second kappa shape index (κ2) is 8.27. The molecule has 1 aliphatic heterocycles. The maximum Gasteiger partial charge on any atom is 0.274 e. The van der Waals surface area contributed by atoms with E-state index in [0.717, 1.165) is 32.2 Å². The molecule has 1 aromatic rings. The highest BCUT2D eigenvalue weighted by Gasteiger charge is 2.18. The molecule has 0 unspecified atom stereocenters. The third-order valence-electron chi connectivity index (χ3n) is 2.84. The normalized spacial score (nSPS) is 15.2. The van der Waals surface area contributed by atoms with E-state index in [1.165, 1.54) is 12.1 Å². The van der Waals surface area contributed by atoms with E-state index in [2.05, 4.69) is 10.2 Å². The van der Waals surface area contributed by atoms with Crippen LogP contribution in [-0.4, -0.2) is 36.0 Å². The van der Waals surface area contributed by atoms with Crippen LogP contribution in [0.2, 0.25) is 0 Å². The molecule has 1 saturated heterocycles. The molecule has 8 heteroatoms. The fraction of sp³-hybridized carbons (Fsp3) is 0.455. The van der Waals surface area contributed by atoms with Crippen molar-refractivity contribution in [1.29, 1.82) is 0 Å². The summed E-state index contributed by atoms with van der Waals surface area (Å²) in [6.07, 6.45) is 0. The molecule has 0 atom stereocenters. The van der Waals surface area contributed by atoms with E-state index in [1.54, 1.807) is 0 Å². The minimum absolute atomic E-state index is 0. The summed E-state index contributed by atoms with van der Waals surface area (Å²) in [5.41, 5.74) is 0.432. The predicted octanol–water partition coefficient (Wildman–Crippen LogP) is 1.98. The van der Waals surface area contributed by atoms with Crippen molar-refractivity contribution in [3.63, 3.8) is 0 Å². The van der Waals surface area contributed by atoms with Gasteiger partial charge in [0.1, 0.15) is 5.82 Å². The van der Waals surface area contributed by atoms with Crippen molar-refractivity contribution in [2.75, 3.05) is 26.2 Å². The van der Waals surface area contributed by atoms with Crippen molar-refractivity contribution in [3.05, 3.63) is 39.7 Å². The van der Waals surface area contributed by atoms with Gasteiger partial charge in [0.2, 0.25) is 0 Å². The number of nitrogens with zero attached hydrogens (tertiary/aromatic N) is 2. The minimum atomic E-state index is -0.461. The summed E-state index contributed by atoms with van der Waals surface area (Å²) in [4.78, 5) is 12.4. The number of nitro groups is 1. The monoisotopic (exact) mass is 311 g/mol. The van der Waals surface area contributed by atoms with Gasteiger partial charge < -0.3 is 5.32 Å². The first kappa shape index (κ1) is 18.0. The molecule has 19 heavy (non-hydrogen) atoms.